The number of halogens is 1. The third-order valence-electron chi connectivity index (χ3n) is 7.21. The van der Waals surface area contributed by atoms with E-state index in [9.17, 15) is 33.7 Å². The quantitative estimate of drug-likeness (QED) is 0.0569. The number of carbonyl (C=O) groups excluding carboxylic acids is 2. The molecule has 0 bridgehead atoms. The molecular weight excluding hydrogens is 714 g/mol. The monoisotopic (exact) mass is 754 g/mol. The fourth-order valence-corrected chi connectivity index (χ4v) is 6.51. The van der Waals surface area contributed by atoms with Crippen molar-refractivity contribution in [3.05, 3.63) is 50.8 Å². The number of aliphatic hydroxyl groups is 1. The summed E-state index contributed by atoms with van der Waals surface area (Å²) < 4.78 is 76.7. The predicted octanol–water partition coefficient (Wildman–Crippen LogP) is 1.31. The summed E-state index contributed by atoms with van der Waals surface area (Å²) in [6.07, 6.45) is -6.76. The average molecular weight is 755 g/mol. The van der Waals surface area contributed by atoms with Crippen LogP contribution in [0.1, 0.15) is 25.6 Å². The lowest BCUT2D eigenvalue weighted by Gasteiger charge is -2.29. The number of nitrogens with one attached hydrogen (secondary N) is 1. The van der Waals surface area contributed by atoms with Gasteiger partial charge in [-0.1, -0.05) is 0 Å². The van der Waals surface area contributed by atoms with Crippen LogP contribution in [0.2, 0.25) is 0 Å². The zero-order valence-electron chi connectivity index (χ0n) is 27.9. The van der Waals surface area contributed by atoms with Crippen LogP contribution in [0.3, 0.4) is 0 Å². The normalized spacial score (nSPS) is 20.2. The summed E-state index contributed by atoms with van der Waals surface area (Å²) in [5, 5.41) is 9.76. The molecule has 2 aromatic rings. The third kappa shape index (κ3) is 9.85. The Morgan fingerprint density at radius 1 is 1.06 bits per heavy atom. The Bertz CT molecular complexity index is 1580. The minimum absolute atomic E-state index is 0.126. The van der Waals surface area contributed by atoms with Gasteiger partial charge in [-0.2, -0.15) is 0 Å². The van der Waals surface area contributed by atoms with E-state index < -0.39 is 80.9 Å². The highest BCUT2D eigenvalue weighted by atomic mass is 32.2. The largest absolute Gasteiger partial charge is 0.496 e. The summed E-state index contributed by atoms with van der Waals surface area (Å²) in [7, 11) is -0.950. The van der Waals surface area contributed by atoms with Crippen LogP contribution in [-0.4, -0.2) is 110 Å². The first-order valence-corrected chi connectivity index (χ1v) is 17.6. The van der Waals surface area contributed by atoms with Gasteiger partial charge in [0.1, 0.15) is 29.5 Å². The molecular formula is C29H40FN2O16PS. The predicted molar refractivity (Wildman–Crippen MR) is 172 cm³/mol. The second kappa shape index (κ2) is 18.7. The van der Waals surface area contributed by atoms with E-state index in [1.54, 1.807) is 12.1 Å². The fourth-order valence-electron chi connectivity index (χ4n) is 4.73. The summed E-state index contributed by atoms with van der Waals surface area (Å²) in [5.74, 6) is -0.821. The lowest BCUT2D eigenvalue weighted by molar-refractivity contribution is -0.179. The number of aromatic nitrogens is 2. The molecule has 0 saturated carbocycles. The number of methoxy groups -OCH3 is 3. The Kier molecular flexibility index (Phi) is 15.3. The summed E-state index contributed by atoms with van der Waals surface area (Å²) in [6.45, 7) is -0.334. The molecule has 1 saturated heterocycles. The van der Waals surface area contributed by atoms with Crippen molar-refractivity contribution in [3.63, 3.8) is 0 Å². The zero-order chi connectivity index (χ0) is 37.1. The van der Waals surface area contributed by atoms with Gasteiger partial charge in [0.2, 0.25) is 5.41 Å². The molecule has 18 nitrogen and oxygen atoms in total. The summed E-state index contributed by atoms with van der Waals surface area (Å²) in [6, 6.07) is 4.23. The number of ether oxygens (including phenoxy) is 7. The number of alkyl halides is 1. The van der Waals surface area contributed by atoms with Crippen molar-refractivity contribution in [2.75, 3.05) is 60.3 Å². The maximum atomic E-state index is 15.5. The van der Waals surface area contributed by atoms with Crippen LogP contribution in [-0.2, 0) is 47.9 Å². The van der Waals surface area contributed by atoms with Crippen molar-refractivity contribution in [1.82, 2.24) is 9.55 Å². The number of hydrogen-bond acceptors (Lipinski definition) is 16. The highest BCUT2D eigenvalue weighted by Gasteiger charge is 2.54. The summed E-state index contributed by atoms with van der Waals surface area (Å²) >= 11 is 1.20. The summed E-state index contributed by atoms with van der Waals surface area (Å²) in [5.41, 5.74) is -3.62. The van der Waals surface area contributed by atoms with Gasteiger partial charge < -0.3 is 43.2 Å². The molecule has 1 aliphatic heterocycles. The van der Waals surface area contributed by atoms with Crippen LogP contribution in [0.5, 0.6) is 17.2 Å². The average Bonchev–Trinajstić information content (AvgIpc) is 3.39. The number of aliphatic hydroxyl groups excluding tert-OH is 1. The number of thioether (sulfide) groups is 1. The van der Waals surface area contributed by atoms with Gasteiger partial charge in [-0.3, -0.25) is 33.0 Å². The van der Waals surface area contributed by atoms with Crippen molar-refractivity contribution >= 4 is 31.5 Å². The van der Waals surface area contributed by atoms with Gasteiger partial charge in [-0.25, -0.2) is 13.8 Å². The van der Waals surface area contributed by atoms with E-state index in [0.717, 1.165) is 12.3 Å². The van der Waals surface area contributed by atoms with Gasteiger partial charge in [0.25, 0.3) is 5.56 Å². The number of benzene rings is 1. The molecule has 0 aliphatic carbocycles. The van der Waals surface area contributed by atoms with Crippen molar-refractivity contribution in [1.29, 1.82) is 0 Å². The number of carbonyl (C=O) groups is 2. The van der Waals surface area contributed by atoms with Crippen molar-refractivity contribution in [3.8, 4) is 17.2 Å². The van der Waals surface area contributed by atoms with Gasteiger partial charge in [0, 0.05) is 35.7 Å². The second-order valence-electron chi connectivity index (χ2n) is 10.4. The molecule has 0 spiro atoms. The van der Waals surface area contributed by atoms with Crippen LogP contribution in [0.4, 0.5) is 4.39 Å². The first-order valence-electron chi connectivity index (χ1n) is 15.0. The molecule has 280 valence electrons. The van der Waals surface area contributed by atoms with Crippen molar-refractivity contribution in [2.45, 2.75) is 44.2 Å². The van der Waals surface area contributed by atoms with Crippen molar-refractivity contribution < 1.29 is 70.8 Å². The maximum absolute atomic E-state index is 15.5. The van der Waals surface area contributed by atoms with E-state index in [1.165, 1.54) is 46.9 Å². The Labute approximate surface area is 289 Å². The van der Waals surface area contributed by atoms with Crippen molar-refractivity contribution in [2.24, 2.45) is 5.41 Å². The standard InChI is InChI=1S/C29H40FN2O16PS/c1-6-44-26(35)29(27(36)45-7-2,14-43-16-50-13-18-19(41-4)10-17(40-3)11-20(18)42-5)15-46-49(38,39)48-24-21(12-33)47-25(23(24)30)32-9-8-22(34)31-28(32)37/h8-11,21,23-25,33H,6-7,12-16H2,1-5H3,(H,38,39)(H,31,34,37)/t21-,23?,24?,25-/m1/s1. The van der Waals surface area contributed by atoms with E-state index in [0.29, 0.717) is 27.4 Å². The topological polar surface area (TPSA) is 230 Å². The number of hydrogen-bond donors (Lipinski definition) is 3. The van der Waals surface area contributed by atoms with E-state index in [4.69, 9.17) is 42.2 Å². The third-order valence-corrected chi connectivity index (χ3v) is 9.00. The maximum Gasteiger partial charge on any atom is 0.472 e. The molecule has 3 unspecified atom stereocenters. The molecule has 3 N–H and O–H groups in total. The van der Waals surface area contributed by atoms with Gasteiger partial charge in [-0.15, -0.1) is 11.8 Å². The molecule has 2 heterocycles. The fraction of sp³-hybridized carbons (Fsp3) is 0.586. The number of phosphoric acid groups is 1. The number of H-pyrrole nitrogens is 1. The Balaban J connectivity index is 1.78. The molecule has 1 aromatic carbocycles. The molecule has 0 radical (unpaired) electrons. The molecule has 21 heteroatoms. The first-order chi connectivity index (χ1) is 23.8. The van der Waals surface area contributed by atoms with E-state index in [-0.39, 0.29) is 24.9 Å². The first kappa shape index (κ1) is 40.9. The molecule has 0 amide bonds. The number of phosphoric ester groups is 1. The number of aromatic amines is 1. The van der Waals surface area contributed by atoms with Gasteiger partial charge in [-0.05, 0) is 13.8 Å². The molecule has 1 fully saturated rings. The van der Waals surface area contributed by atoms with Gasteiger partial charge in [0.05, 0.1) is 60.3 Å². The smallest absolute Gasteiger partial charge is 0.472 e. The summed E-state index contributed by atoms with van der Waals surface area (Å²) in [4.78, 5) is 62.6. The van der Waals surface area contributed by atoms with Crippen LogP contribution in [0.15, 0.2) is 34.0 Å². The second-order valence-corrected chi connectivity index (χ2v) is 12.7. The van der Waals surface area contributed by atoms with Crippen LogP contribution >= 0.6 is 19.6 Å². The highest BCUT2D eigenvalue weighted by molar-refractivity contribution is 7.98. The highest BCUT2D eigenvalue weighted by Crippen LogP contribution is 2.50. The minimum Gasteiger partial charge on any atom is -0.496 e. The Hall–Kier alpha value is -3.49. The molecule has 3 rings (SSSR count). The van der Waals surface area contributed by atoms with Crippen LogP contribution in [0.25, 0.3) is 0 Å². The Morgan fingerprint density at radius 2 is 1.68 bits per heavy atom. The Morgan fingerprint density at radius 3 is 2.20 bits per heavy atom. The minimum atomic E-state index is -5.38. The lowest BCUT2D eigenvalue weighted by atomic mass is 9.90. The zero-order valence-corrected chi connectivity index (χ0v) is 29.6. The van der Waals surface area contributed by atoms with E-state index in [1.807, 2.05) is 4.98 Å². The molecule has 1 aromatic heterocycles. The number of nitrogens with zero attached hydrogens (tertiary/aromatic N) is 1. The van der Waals surface area contributed by atoms with E-state index in [2.05, 4.69) is 0 Å². The van der Waals surface area contributed by atoms with Gasteiger partial charge in [0.15, 0.2) is 12.4 Å². The van der Waals surface area contributed by atoms with Gasteiger partial charge >= 0.3 is 25.5 Å². The van der Waals surface area contributed by atoms with Crippen LogP contribution in [0, 0.1) is 5.41 Å². The van der Waals surface area contributed by atoms with E-state index >= 15 is 4.39 Å². The SMILES string of the molecule is CCOC(=O)C(COCSCc1c(OC)cc(OC)cc1OC)(COP(=O)(O)OC1C(F)[C@H](n2ccc(=O)[nH]c2=O)O[C@@H]1CO)C(=O)OCC. The number of rotatable bonds is 20. The lowest BCUT2D eigenvalue weighted by Crippen LogP contribution is -2.49. The molecule has 5 atom stereocenters. The van der Waals surface area contributed by atoms with Crippen LogP contribution < -0.4 is 25.5 Å². The molecule has 50 heavy (non-hydrogen) atoms. The number of esters is 2. The molecule has 1 aliphatic rings.